The van der Waals surface area contributed by atoms with Crippen molar-refractivity contribution >= 4 is 5.78 Å². The van der Waals surface area contributed by atoms with Crippen LogP contribution in [0.3, 0.4) is 0 Å². The molecule has 2 aromatic rings. The largest absolute Gasteiger partial charge is 0.493 e. The van der Waals surface area contributed by atoms with E-state index in [4.69, 9.17) is 9.47 Å². The molecule has 104 valence electrons. The highest BCUT2D eigenvalue weighted by Gasteiger charge is 2.12. The molecule has 1 heterocycles. The van der Waals surface area contributed by atoms with E-state index in [1.54, 1.807) is 37.7 Å². The van der Waals surface area contributed by atoms with Crippen LogP contribution < -0.4 is 9.47 Å². The third-order valence-electron chi connectivity index (χ3n) is 3.05. The van der Waals surface area contributed by atoms with Gasteiger partial charge < -0.3 is 9.47 Å². The predicted molar refractivity (Wildman–Crippen MR) is 76.3 cm³/mol. The van der Waals surface area contributed by atoms with Crippen LogP contribution in [0.4, 0.5) is 0 Å². The molecular weight excluding hydrogens is 254 g/mol. The Bertz CT molecular complexity index is 596. The minimum absolute atomic E-state index is 0.00275. The van der Waals surface area contributed by atoms with Gasteiger partial charge in [-0.1, -0.05) is 0 Å². The fourth-order valence-electron chi connectivity index (χ4n) is 1.88. The summed E-state index contributed by atoms with van der Waals surface area (Å²) in [4.78, 5) is 15.3. The van der Waals surface area contributed by atoms with Gasteiger partial charge in [0.25, 0.3) is 0 Å². The lowest BCUT2D eigenvalue weighted by molar-refractivity contribution is 0.101. The highest BCUT2D eigenvalue weighted by molar-refractivity contribution is 5.94. The van der Waals surface area contributed by atoms with Gasteiger partial charge in [0, 0.05) is 18.0 Å². The Hall–Kier alpha value is -2.36. The Morgan fingerprint density at radius 2 is 1.85 bits per heavy atom. The van der Waals surface area contributed by atoms with E-state index in [9.17, 15) is 4.79 Å². The zero-order valence-electron chi connectivity index (χ0n) is 11.8. The first-order chi connectivity index (χ1) is 9.61. The normalized spacial score (nSPS) is 11.8. The Balaban J connectivity index is 2.23. The summed E-state index contributed by atoms with van der Waals surface area (Å²) < 4.78 is 11.2. The standard InChI is InChI=1S/C16H17NO3/c1-11(18)14-4-5-15(16(10-14)19-3)20-12(2)13-6-8-17-9-7-13/h4-10,12H,1-3H3. The van der Waals surface area contributed by atoms with E-state index in [0.717, 1.165) is 5.56 Å². The van der Waals surface area contributed by atoms with Gasteiger partial charge >= 0.3 is 0 Å². The molecule has 0 saturated carbocycles. The van der Waals surface area contributed by atoms with Gasteiger partial charge in [-0.2, -0.15) is 0 Å². The van der Waals surface area contributed by atoms with Crippen molar-refractivity contribution in [2.45, 2.75) is 20.0 Å². The van der Waals surface area contributed by atoms with Crippen molar-refractivity contribution in [1.29, 1.82) is 0 Å². The molecule has 4 heteroatoms. The number of hydrogen-bond donors (Lipinski definition) is 0. The number of Topliss-reactive ketones (excluding diaryl/α,β-unsaturated/α-hetero) is 1. The summed E-state index contributed by atoms with van der Waals surface area (Å²) in [5, 5.41) is 0. The van der Waals surface area contributed by atoms with Crippen molar-refractivity contribution in [2.75, 3.05) is 7.11 Å². The minimum Gasteiger partial charge on any atom is -0.493 e. The van der Waals surface area contributed by atoms with E-state index >= 15 is 0 Å². The molecule has 0 amide bonds. The highest BCUT2D eigenvalue weighted by Crippen LogP contribution is 2.32. The van der Waals surface area contributed by atoms with Gasteiger partial charge in [-0.25, -0.2) is 0 Å². The smallest absolute Gasteiger partial charge is 0.162 e. The topological polar surface area (TPSA) is 48.4 Å². The zero-order chi connectivity index (χ0) is 14.5. The van der Waals surface area contributed by atoms with Gasteiger partial charge in [0.15, 0.2) is 17.3 Å². The fraction of sp³-hybridized carbons (Fsp3) is 0.250. The van der Waals surface area contributed by atoms with Crippen LogP contribution in [0.25, 0.3) is 0 Å². The Morgan fingerprint density at radius 3 is 2.45 bits per heavy atom. The molecule has 20 heavy (non-hydrogen) atoms. The number of nitrogens with zero attached hydrogens (tertiary/aromatic N) is 1. The third kappa shape index (κ3) is 3.15. The quantitative estimate of drug-likeness (QED) is 0.782. The first-order valence-corrected chi connectivity index (χ1v) is 6.37. The number of ketones is 1. The summed E-state index contributed by atoms with van der Waals surface area (Å²) in [6, 6.07) is 8.99. The SMILES string of the molecule is COc1cc(C(C)=O)ccc1OC(C)c1ccncc1. The van der Waals surface area contributed by atoms with Gasteiger partial charge in [0.2, 0.25) is 0 Å². The first kappa shape index (κ1) is 14.1. The van der Waals surface area contributed by atoms with Gasteiger partial charge in [0.1, 0.15) is 6.10 Å². The summed E-state index contributed by atoms with van der Waals surface area (Å²) in [5.74, 6) is 1.16. The number of methoxy groups -OCH3 is 1. The minimum atomic E-state index is -0.130. The van der Waals surface area contributed by atoms with E-state index in [0.29, 0.717) is 17.1 Å². The van der Waals surface area contributed by atoms with Crippen molar-refractivity contribution in [3.63, 3.8) is 0 Å². The molecule has 2 rings (SSSR count). The molecule has 0 radical (unpaired) electrons. The number of carbonyl (C=O) groups is 1. The van der Waals surface area contributed by atoms with Crippen LogP contribution in [-0.2, 0) is 0 Å². The van der Waals surface area contributed by atoms with Crippen molar-refractivity contribution in [1.82, 2.24) is 4.98 Å². The molecular formula is C16H17NO3. The molecule has 0 aliphatic heterocycles. The van der Waals surface area contributed by atoms with Crippen LogP contribution in [0.5, 0.6) is 11.5 Å². The van der Waals surface area contributed by atoms with Crippen molar-refractivity contribution in [2.24, 2.45) is 0 Å². The average Bonchev–Trinajstić information content (AvgIpc) is 2.48. The Morgan fingerprint density at radius 1 is 1.15 bits per heavy atom. The Kier molecular flexibility index (Phi) is 4.35. The average molecular weight is 271 g/mol. The van der Waals surface area contributed by atoms with E-state index in [2.05, 4.69) is 4.98 Å². The number of benzene rings is 1. The molecule has 0 aliphatic carbocycles. The van der Waals surface area contributed by atoms with E-state index in [-0.39, 0.29) is 11.9 Å². The van der Waals surface area contributed by atoms with Crippen LogP contribution in [0, 0.1) is 0 Å². The van der Waals surface area contributed by atoms with Crippen molar-refractivity contribution in [3.05, 3.63) is 53.9 Å². The summed E-state index contributed by atoms with van der Waals surface area (Å²) in [5.41, 5.74) is 1.63. The number of rotatable bonds is 5. The highest BCUT2D eigenvalue weighted by atomic mass is 16.5. The number of ether oxygens (including phenoxy) is 2. The van der Waals surface area contributed by atoms with Gasteiger partial charge in [-0.15, -0.1) is 0 Å². The molecule has 4 nitrogen and oxygen atoms in total. The van der Waals surface area contributed by atoms with E-state index in [1.807, 2.05) is 19.1 Å². The van der Waals surface area contributed by atoms with E-state index in [1.165, 1.54) is 6.92 Å². The second-order valence-electron chi connectivity index (χ2n) is 4.46. The second-order valence-corrected chi connectivity index (χ2v) is 4.46. The molecule has 0 saturated heterocycles. The van der Waals surface area contributed by atoms with Crippen molar-refractivity contribution in [3.8, 4) is 11.5 Å². The third-order valence-corrected chi connectivity index (χ3v) is 3.05. The number of pyridine rings is 1. The van der Waals surface area contributed by atoms with Gasteiger partial charge in [-0.3, -0.25) is 9.78 Å². The van der Waals surface area contributed by atoms with Crippen LogP contribution >= 0.6 is 0 Å². The monoisotopic (exact) mass is 271 g/mol. The van der Waals surface area contributed by atoms with Gasteiger partial charge in [0.05, 0.1) is 7.11 Å². The lowest BCUT2D eigenvalue weighted by Crippen LogP contribution is -2.05. The summed E-state index contributed by atoms with van der Waals surface area (Å²) in [6.45, 7) is 3.47. The maximum atomic E-state index is 11.4. The number of carbonyl (C=O) groups excluding carboxylic acids is 1. The van der Waals surface area contributed by atoms with E-state index < -0.39 is 0 Å². The van der Waals surface area contributed by atoms with Crippen molar-refractivity contribution < 1.29 is 14.3 Å². The van der Waals surface area contributed by atoms with Crippen LogP contribution in [0.2, 0.25) is 0 Å². The molecule has 1 unspecified atom stereocenters. The van der Waals surface area contributed by atoms with Crippen LogP contribution in [-0.4, -0.2) is 17.9 Å². The molecule has 0 fully saturated rings. The molecule has 1 aromatic heterocycles. The summed E-state index contributed by atoms with van der Waals surface area (Å²) >= 11 is 0. The molecule has 1 aromatic carbocycles. The number of hydrogen-bond acceptors (Lipinski definition) is 4. The summed E-state index contributed by atoms with van der Waals surface area (Å²) in [6.07, 6.45) is 3.33. The fourth-order valence-corrected chi connectivity index (χ4v) is 1.88. The molecule has 0 bridgehead atoms. The summed E-state index contributed by atoms with van der Waals surface area (Å²) in [7, 11) is 1.56. The maximum Gasteiger partial charge on any atom is 0.162 e. The molecule has 0 spiro atoms. The number of aromatic nitrogens is 1. The Labute approximate surface area is 118 Å². The predicted octanol–water partition coefficient (Wildman–Crippen LogP) is 3.43. The molecule has 0 N–H and O–H groups in total. The molecule has 0 aliphatic rings. The lowest BCUT2D eigenvalue weighted by atomic mass is 10.1. The van der Waals surface area contributed by atoms with Crippen LogP contribution in [0.15, 0.2) is 42.7 Å². The second kappa shape index (κ2) is 6.19. The van der Waals surface area contributed by atoms with Crippen LogP contribution in [0.1, 0.15) is 35.9 Å². The maximum absolute atomic E-state index is 11.4. The molecule has 1 atom stereocenters. The zero-order valence-corrected chi connectivity index (χ0v) is 11.8. The lowest BCUT2D eigenvalue weighted by Gasteiger charge is -2.17. The first-order valence-electron chi connectivity index (χ1n) is 6.37. The van der Waals surface area contributed by atoms with Gasteiger partial charge in [-0.05, 0) is 49.7 Å².